The first-order valence-electron chi connectivity index (χ1n) is 7.94. The molecule has 0 bridgehead atoms. The standard InChI is InChI=1S/C17H18ClF3N2O3/c1-16(2,3)26-15(25)23-7-8(6-18)13-9-4-12(17(19,20)21)22-14(9)11(24)5-10(13)23/h4-5,8,22,24H,6-7H2,1-3H3. The van der Waals surface area contributed by atoms with Crippen molar-refractivity contribution in [1.29, 1.82) is 0 Å². The van der Waals surface area contributed by atoms with Crippen molar-refractivity contribution < 1.29 is 27.8 Å². The number of aromatic amines is 1. The number of halogens is 4. The van der Waals surface area contributed by atoms with Gasteiger partial charge in [-0.1, -0.05) is 0 Å². The Morgan fingerprint density at radius 3 is 2.58 bits per heavy atom. The average Bonchev–Trinajstić information content (AvgIpc) is 3.06. The van der Waals surface area contributed by atoms with Crippen LogP contribution in [0.1, 0.15) is 37.9 Å². The van der Waals surface area contributed by atoms with Crippen LogP contribution in [0.2, 0.25) is 0 Å². The zero-order valence-corrected chi connectivity index (χ0v) is 15.1. The minimum atomic E-state index is -4.59. The van der Waals surface area contributed by atoms with Gasteiger partial charge < -0.3 is 14.8 Å². The number of carbonyl (C=O) groups is 1. The third-order valence-corrected chi connectivity index (χ3v) is 4.49. The molecule has 0 saturated carbocycles. The number of ether oxygens (including phenoxy) is 1. The molecule has 1 atom stereocenters. The van der Waals surface area contributed by atoms with E-state index in [1.165, 1.54) is 11.0 Å². The quantitative estimate of drug-likeness (QED) is 0.676. The van der Waals surface area contributed by atoms with Gasteiger partial charge in [0, 0.05) is 29.8 Å². The van der Waals surface area contributed by atoms with E-state index < -0.39 is 23.6 Å². The van der Waals surface area contributed by atoms with Crippen LogP contribution in [-0.2, 0) is 10.9 Å². The Kier molecular flexibility index (Phi) is 4.29. The normalized spacial score (nSPS) is 17.7. The minimum absolute atomic E-state index is 0.0303. The van der Waals surface area contributed by atoms with E-state index in [0.29, 0.717) is 11.3 Å². The van der Waals surface area contributed by atoms with Gasteiger partial charge in [0.2, 0.25) is 0 Å². The van der Waals surface area contributed by atoms with Crippen LogP contribution in [-0.4, -0.2) is 34.2 Å². The minimum Gasteiger partial charge on any atom is -0.506 e. The highest BCUT2D eigenvalue weighted by Crippen LogP contribution is 2.47. The van der Waals surface area contributed by atoms with Crippen LogP contribution in [0, 0.1) is 0 Å². The number of aromatic hydroxyl groups is 1. The molecule has 9 heteroatoms. The number of phenolic OH excluding ortho intramolecular Hbond substituents is 1. The maximum Gasteiger partial charge on any atom is 0.431 e. The Balaban J connectivity index is 2.16. The maximum absolute atomic E-state index is 13.1. The molecule has 1 aliphatic heterocycles. The smallest absolute Gasteiger partial charge is 0.431 e. The summed E-state index contributed by atoms with van der Waals surface area (Å²) in [6.07, 6.45) is -5.23. The Hall–Kier alpha value is -2.09. The topological polar surface area (TPSA) is 65.6 Å². The number of hydrogen-bond acceptors (Lipinski definition) is 3. The number of nitrogens with one attached hydrogen (secondary N) is 1. The molecule has 2 heterocycles. The van der Waals surface area contributed by atoms with Crippen LogP contribution in [0.3, 0.4) is 0 Å². The zero-order valence-electron chi connectivity index (χ0n) is 14.4. The SMILES string of the molecule is CC(C)(C)OC(=O)N1CC(CCl)c2c1cc(O)c1[nH]c(C(F)(F)F)cc21. The van der Waals surface area contributed by atoms with Gasteiger partial charge in [-0.2, -0.15) is 13.2 Å². The Bertz CT molecular complexity index is 871. The molecule has 142 valence electrons. The molecule has 0 saturated heterocycles. The monoisotopic (exact) mass is 390 g/mol. The number of aromatic nitrogens is 1. The summed E-state index contributed by atoms with van der Waals surface area (Å²) in [7, 11) is 0. The van der Waals surface area contributed by atoms with Gasteiger partial charge in [-0.25, -0.2) is 4.79 Å². The van der Waals surface area contributed by atoms with Gasteiger partial charge in [-0.15, -0.1) is 11.6 Å². The highest BCUT2D eigenvalue weighted by atomic mass is 35.5. The first-order valence-corrected chi connectivity index (χ1v) is 8.48. The van der Waals surface area contributed by atoms with Crippen molar-refractivity contribution in [3.63, 3.8) is 0 Å². The van der Waals surface area contributed by atoms with E-state index >= 15 is 0 Å². The van der Waals surface area contributed by atoms with E-state index in [1.807, 2.05) is 0 Å². The molecule has 26 heavy (non-hydrogen) atoms. The summed E-state index contributed by atoms with van der Waals surface area (Å²) in [6, 6.07) is 2.21. The second-order valence-corrected chi connectivity index (χ2v) is 7.55. The van der Waals surface area contributed by atoms with Gasteiger partial charge in [-0.05, 0) is 32.4 Å². The highest BCUT2D eigenvalue weighted by molar-refractivity contribution is 6.19. The van der Waals surface area contributed by atoms with Gasteiger partial charge in [0.15, 0.2) is 0 Å². The maximum atomic E-state index is 13.1. The molecular weight excluding hydrogens is 373 g/mol. The first kappa shape index (κ1) is 18.7. The molecule has 1 amide bonds. The van der Waals surface area contributed by atoms with Crippen LogP contribution in [0.5, 0.6) is 5.75 Å². The van der Waals surface area contributed by atoms with Gasteiger partial charge >= 0.3 is 12.3 Å². The molecule has 1 aromatic heterocycles. The number of anilines is 1. The number of amides is 1. The van der Waals surface area contributed by atoms with Crippen LogP contribution in [0.4, 0.5) is 23.7 Å². The summed E-state index contributed by atoms with van der Waals surface area (Å²) in [5.74, 6) is -0.643. The van der Waals surface area contributed by atoms with E-state index in [4.69, 9.17) is 16.3 Å². The third-order valence-electron chi connectivity index (χ3n) is 4.12. The van der Waals surface area contributed by atoms with Crippen molar-refractivity contribution in [2.45, 2.75) is 38.5 Å². The second kappa shape index (κ2) is 5.97. The number of hydrogen-bond donors (Lipinski definition) is 2. The van der Waals surface area contributed by atoms with E-state index in [0.717, 1.165) is 6.07 Å². The second-order valence-electron chi connectivity index (χ2n) is 7.24. The van der Waals surface area contributed by atoms with Crippen molar-refractivity contribution >= 4 is 34.3 Å². The molecule has 1 aromatic carbocycles. The summed E-state index contributed by atoms with van der Waals surface area (Å²) in [5, 5.41) is 10.4. The molecule has 2 aromatic rings. The van der Waals surface area contributed by atoms with Crippen LogP contribution >= 0.6 is 11.6 Å². The molecule has 1 aliphatic rings. The van der Waals surface area contributed by atoms with Gasteiger partial charge in [0.25, 0.3) is 0 Å². The summed E-state index contributed by atoms with van der Waals surface area (Å²) in [6.45, 7) is 5.30. The average molecular weight is 391 g/mol. The molecule has 0 radical (unpaired) electrons. The van der Waals surface area contributed by atoms with Crippen molar-refractivity contribution in [3.05, 3.63) is 23.4 Å². The number of benzene rings is 1. The van der Waals surface area contributed by atoms with Crippen molar-refractivity contribution in [2.75, 3.05) is 17.3 Å². The van der Waals surface area contributed by atoms with Crippen molar-refractivity contribution in [1.82, 2.24) is 4.98 Å². The number of nitrogens with zero attached hydrogens (tertiary/aromatic N) is 1. The fraction of sp³-hybridized carbons (Fsp3) is 0.471. The number of phenols is 1. The largest absolute Gasteiger partial charge is 0.506 e. The fourth-order valence-corrected chi connectivity index (χ4v) is 3.37. The van der Waals surface area contributed by atoms with Crippen LogP contribution in [0.15, 0.2) is 12.1 Å². The highest BCUT2D eigenvalue weighted by Gasteiger charge is 2.39. The Labute approximate surface area is 152 Å². The lowest BCUT2D eigenvalue weighted by atomic mass is 9.98. The summed E-state index contributed by atoms with van der Waals surface area (Å²) in [4.78, 5) is 16.0. The van der Waals surface area contributed by atoms with Crippen LogP contribution in [0.25, 0.3) is 10.9 Å². The number of alkyl halides is 4. The van der Waals surface area contributed by atoms with Gasteiger partial charge in [0.1, 0.15) is 17.0 Å². The number of fused-ring (bicyclic) bond motifs is 3. The molecule has 0 spiro atoms. The molecular formula is C17H18ClF3N2O3. The predicted molar refractivity (Wildman–Crippen MR) is 92.0 cm³/mol. The molecule has 5 nitrogen and oxygen atoms in total. The van der Waals surface area contributed by atoms with Gasteiger partial charge in [0.05, 0.1) is 11.2 Å². The molecule has 3 rings (SSSR count). The lowest BCUT2D eigenvalue weighted by Crippen LogP contribution is -2.36. The van der Waals surface area contributed by atoms with E-state index in [2.05, 4.69) is 4.98 Å². The van der Waals surface area contributed by atoms with E-state index in [9.17, 15) is 23.1 Å². The number of H-pyrrole nitrogens is 1. The number of carbonyl (C=O) groups excluding carboxylic acids is 1. The van der Waals surface area contributed by atoms with Gasteiger partial charge in [-0.3, -0.25) is 4.90 Å². The molecule has 0 aliphatic carbocycles. The lowest BCUT2D eigenvalue weighted by Gasteiger charge is -2.25. The summed E-state index contributed by atoms with van der Waals surface area (Å²) >= 11 is 6.00. The molecule has 0 fully saturated rings. The summed E-state index contributed by atoms with van der Waals surface area (Å²) < 4.78 is 44.5. The fourth-order valence-electron chi connectivity index (χ4n) is 3.12. The third kappa shape index (κ3) is 3.18. The lowest BCUT2D eigenvalue weighted by molar-refractivity contribution is -0.140. The number of rotatable bonds is 1. The molecule has 2 N–H and O–H groups in total. The summed E-state index contributed by atoms with van der Waals surface area (Å²) in [5.41, 5.74) is -0.939. The van der Waals surface area contributed by atoms with E-state index in [-0.39, 0.29) is 35.0 Å². The molecule has 1 unspecified atom stereocenters. The van der Waals surface area contributed by atoms with Crippen molar-refractivity contribution in [3.8, 4) is 5.75 Å². The Morgan fingerprint density at radius 1 is 1.38 bits per heavy atom. The van der Waals surface area contributed by atoms with E-state index in [1.54, 1.807) is 20.8 Å². The first-order chi connectivity index (χ1) is 11.9. The van der Waals surface area contributed by atoms with Crippen LogP contribution < -0.4 is 4.90 Å². The van der Waals surface area contributed by atoms with Crippen molar-refractivity contribution in [2.24, 2.45) is 0 Å². The Morgan fingerprint density at radius 2 is 2.04 bits per heavy atom. The predicted octanol–water partition coefficient (Wildman–Crippen LogP) is 4.97. The zero-order chi connectivity index (χ0) is 19.4.